The first-order chi connectivity index (χ1) is 7.63. The number of ketones is 1. The van der Waals surface area contributed by atoms with Crippen LogP contribution in [0.5, 0.6) is 0 Å². The van der Waals surface area contributed by atoms with Crippen LogP contribution in [0.4, 0.5) is 0 Å². The first-order valence-electron chi connectivity index (χ1n) is 6.19. The molecule has 1 rings (SSSR count). The van der Waals surface area contributed by atoms with Crippen molar-refractivity contribution in [2.75, 3.05) is 0 Å². The number of aliphatic hydroxyl groups excluding tert-OH is 2. The van der Waals surface area contributed by atoms with Gasteiger partial charge in [0.15, 0.2) is 0 Å². The number of aliphatic hydroxyl groups is 2. The zero-order valence-electron chi connectivity index (χ0n) is 9.93. The summed E-state index contributed by atoms with van der Waals surface area (Å²) < 4.78 is 0. The number of unbranched alkanes of at least 4 members (excludes halogenated alkanes) is 2. The van der Waals surface area contributed by atoms with E-state index >= 15 is 0 Å². The minimum atomic E-state index is -0.549. The third-order valence-corrected chi connectivity index (χ3v) is 3.08. The van der Waals surface area contributed by atoms with Gasteiger partial charge in [0.2, 0.25) is 0 Å². The van der Waals surface area contributed by atoms with E-state index in [4.69, 9.17) is 0 Å². The lowest BCUT2D eigenvalue weighted by atomic mass is 10.0. The van der Waals surface area contributed by atoms with Crippen molar-refractivity contribution in [2.45, 2.75) is 57.7 Å². The number of hydrogen-bond donors (Lipinski definition) is 2. The third kappa shape index (κ3) is 4.45. The van der Waals surface area contributed by atoms with Crippen LogP contribution < -0.4 is 0 Å². The van der Waals surface area contributed by atoms with E-state index in [0.717, 1.165) is 25.7 Å². The van der Waals surface area contributed by atoms with Crippen molar-refractivity contribution in [3.63, 3.8) is 0 Å². The summed E-state index contributed by atoms with van der Waals surface area (Å²) in [4.78, 5) is 11.1. The van der Waals surface area contributed by atoms with Gasteiger partial charge < -0.3 is 10.2 Å². The Morgan fingerprint density at radius 2 is 2.19 bits per heavy atom. The largest absolute Gasteiger partial charge is 0.392 e. The molecule has 0 spiro atoms. The van der Waals surface area contributed by atoms with Crippen LogP contribution in [0.25, 0.3) is 0 Å². The van der Waals surface area contributed by atoms with Crippen molar-refractivity contribution in [2.24, 2.45) is 5.92 Å². The average molecular weight is 226 g/mol. The fourth-order valence-electron chi connectivity index (χ4n) is 2.03. The molecule has 0 bridgehead atoms. The van der Waals surface area contributed by atoms with Gasteiger partial charge in [0.1, 0.15) is 5.78 Å². The van der Waals surface area contributed by atoms with Crippen molar-refractivity contribution >= 4 is 5.78 Å². The third-order valence-electron chi connectivity index (χ3n) is 3.08. The monoisotopic (exact) mass is 226 g/mol. The molecule has 16 heavy (non-hydrogen) atoms. The summed E-state index contributed by atoms with van der Waals surface area (Å²) in [5, 5.41) is 19.2. The van der Waals surface area contributed by atoms with Crippen molar-refractivity contribution in [3.05, 3.63) is 12.2 Å². The van der Waals surface area contributed by atoms with E-state index in [2.05, 4.69) is 6.92 Å². The molecule has 1 aliphatic carbocycles. The minimum Gasteiger partial charge on any atom is -0.392 e. The van der Waals surface area contributed by atoms with Crippen LogP contribution in [0.1, 0.15) is 45.4 Å². The van der Waals surface area contributed by atoms with Gasteiger partial charge in [-0.1, -0.05) is 38.3 Å². The number of rotatable bonds is 6. The highest BCUT2D eigenvalue weighted by Gasteiger charge is 2.29. The summed E-state index contributed by atoms with van der Waals surface area (Å²) in [6, 6.07) is 0. The lowest BCUT2D eigenvalue weighted by Gasteiger charge is -2.09. The van der Waals surface area contributed by atoms with Crippen LogP contribution in [0.15, 0.2) is 12.2 Å². The van der Waals surface area contributed by atoms with Crippen molar-refractivity contribution in [3.8, 4) is 0 Å². The van der Waals surface area contributed by atoms with Gasteiger partial charge in [-0.2, -0.15) is 0 Å². The van der Waals surface area contributed by atoms with Gasteiger partial charge in [-0.05, 0) is 6.42 Å². The molecule has 0 aromatic heterocycles. The molecule has 2 unspecified atom stereocenters. The number of hydrogen-bond acceptors (Lipinski definition) is 3. The predicted octanol–water partition coefficient (Wildman–Crippen LogP) is 1.82. The van der Waals surface area contributed by atoms with Gasteiger partial charge in [0.25, 0.3) is 0 Å². The first kappa shape index (κ1) is 13.4. The maximum Gasteiger partial charge on any atom is 0.136 e. The molecular weight excluding hydrogens is 204 g/mol. The number of carbonyl (C=O) groups is 1. The molecule has 0 aromatic carbocycles. The second-order valence-electron chi connectivity index (χ2n) is 4.63. The van der Waals surface area contributed by atoms with Crippen LogP contribution in [0.3, 0.4) is 0 Å². The lowest BCUT2D eigenvalue weighted by molar-refractivity contribution is -0.117. The Kier molecular flexibility index (Phi) is 5.71. The zero-order valence-corrected chi connectivity index (χ0v) is 9.93. The Morgan fingerprint density at radius 3 is 2.75 bits per heavy atom. The lowest BCUT2D eigenvalue weighted by Crippen LogP contribution is -2.11. The Bertz CT molecular complexity index is 248. The molecule has 3 heteroatoms. The summed E-state index contributed by atoms with van der Waals surface area (Å²) in [6.07, 6.45) is 7.28. The fourth-order valence-corrected chi connectivity index (χ4v) is 2.03. The molecule has 3 atom stereocenters. The highest BCUT2D eigenvalue weighted by atomic mass is 16.3. The van der Waals surface area contributed by atoms with Gasteiger partial charge >= 0.3 is 0 Å². The highest BCUT2D eigenvalue weighted by molar-refractivity contribution is 5.81. The van der Waals surface area contributed by atoms with Crippen LogP contribution >= 0.6 is 0 Å². The van der Waals surface area contributed by atoms with Crippen LogP contribution in [-0.2, 0) is 4.79 Å². The fraction of sp³-hybridized carbons (Fsp3) is 0.769. The quantitative estimate of drug-likeness (QED) is 0.536. The normalized spacial score (nSPS) is 27.8. The van der Waals surface area contributed by atoms with E-state index in [0.29, 0.717) is 6.42 Å². The molecule has 0 aromatic rings. The highest BCUT2D eigenvalue weighted by Crippen LogP contribution is 2.24. The summed E-state index contributed by atoms with van der Waals surface area (Å²) in [7, 11) is 0. The molecular formula is C13H22O3. The number of Topliss-reactive ketones (excluding diaryl/α,β-unsaturated/α-hetero) is 1. The van der Waals surface area contributed by atoms with Gasteiger partial charge in [-0.3, -0.25) is 4.79 Å². The molecule has 92 valence electrons. The average Bonchev–Trinajstić information content (AvgIpc) is 2.55. The molecule has 0 aliphatic heterocycles. The van der Waals surface area contributed by atoms with Crippen molar-refractivity contribution in [1.82, 2.24) is 0 Å². The Morgan fingerprint density at radius 1 is 1.44 bits per heavy atom. The van der Waals surface area contributed by atoms with Crippen molar-refractivity contribution in [1.29, 1.82) is 0 Å². The summed E-state index contributed by atoms with van der Waals surface area (Å²) in [6.45, 7) is 2.13. The Labute approximate surface area is 97.2 Å². The molecule has 1 fully saturated rings. The maximum atomic E-state index is 11.1. The first-order valence-corrected chi connectivity index (χ1v) is 6.19. The Hall–Kier alpha value is -0.670. The van der Waals surface area contributed by atoms with Crippen LogP contribution in [0, 0.1) is 5.92 Å². The minimum absolute atomic E-state index is 0.0895. The summed E-state index contributed by atoms with van der Waals surface area (Å²) >= 11 is 0. The topological polar surface area (TPSA) is 57.5 Å². The summed E-state index contributed by atoms with van der Waals surface area (Å²) in [5.74, 6) is 0.0240. The van der Waals surface area contributed by atoms with E-state index in [1.165, 1.54) is 0 Å². The van der Waals surface area contributed by atoms with Gasteiger partial charge in [-0.15, -0.1) is 0 Å². The van der Waals surface area contributed by atoms with E-state index < -0.39 is 12.2 Å². The molecule has 0 saturated heterocycles. The smallest absolute Gasteiger partial charge is 0.136 e. The van der Waals surface area contributed by atoms with Crippen LogP contribution in [-0.4, -0.2) is 28.2 Å². The van der Waals surface area contributed by atoms with Crippen molar-refractivity contribution < 1.29 is 15.0 Å². The number of carbonyl (C=O) groups excluding carboxylic acids is 1. The van der Waals surface area contributed by atoms with E-state index in [1.54, 1.807) is 12.2 Å². The molecule has 0 amide bonds. The second-order valence-corrected chi connectivity index (χ2v) is 4.63. The van der Waals surface area contributed by atoms with Gasteiger partial charge in [-0.25, -0.2) is 0 Å². The second kappa shape index (κ2) is 6.81. The molecule has 3 nitrogen and oxygen atoms in total. The Balaban J connectivity index is 2.27. The molecule has 0 radical (unpaired) electrons. The van der Waals surface area contributed by atoms with Gasteiger partial charge in [0.05, 0.1) is 12.2 Å². The molecule has 0 heterocycles. The summed E-state index contributed by atoms with van der Waals surface area (Å²) in [5.41, 5.74) is 0. The van der Waals surface area contributed by atoms with Crippen LogP contribution in [0.2, 0.25) is 0 Å². The molecule has 1 saturated carbocycles. The standard InChI is InChI=1S/C13H22O3/c1-2-3-4-5-11(14)7-6-10-8-12(15)9-13(10)16/h6-7,10-11,13-14,16H,2-5,8-9H2,1H3/b7-6+/t10?,11-,13?/m0/s1. The predicted molar refractivity (Wildman–Crippen MR) is 63.0 cm³/mol. The maximum absolute atomic E-state index is 11.1. The molecule has 1 aliphatic rings. The zero-order chi connectivity index (χ0) is 12.0. The SMILES string of the molecule is CCCCC[C@H](O)/C=C/C1CC(=O)CC1O. The molecule has 2 N–H and O–H groups in total. The van der Waals surface area contributed by atoms with E-state index in [9.17, 15) is 15.0 Å². The van der Waals surface area contributed by atoms with E-state index in [1.807, 2.05) is 0 Å². The van der Waals surface area contributed by atoms with Gasteiger partial charge in [0, 0.05) is 18.8 Å². The van der Waals surface area contributed by atoms with E-state index in [-0.39, 0.29) is 18.1 Å².